The summed E-state index contributed by atoms with van der Waals surface area (Å²) in [4.78, 5) is 12.4. The molecule has 6 heteroatoms. The van der Waals surface area contributed by atoms with Gasteiger partial charge in [0.1, 0.15) is 0 Å². The van der Waals surface area contributed by atoms with Crippen molar-refractivity contribution < 1.29 is 13.2 Å². The zero-order valence-corrected chi connectivity index (χ0v) is 14.8. The fraction of sp³-hybridized carbons (Fsp3) is 0.316. The van der Waals surface area contributed by atoms with Crippen molar-refractivity contribution in [2.24, 2.45) is 5.92 Å². The van der Waals surface area contributed by atoms with E-state index in [0.29, 0.717) is 25.9 Å². The van der Waals surface area contributed by atoms with Gasteiger partial charge in [-0.1, -0.05) is 36.4 Å². The van der Waals surface area contributed by atoms with E-state index in [4.69, 9.17) is 0 Å². The number of hydrogen-bond donors (Lipinski definition) is 1. The molecule has 25 heavy (non-hydrogen) atoms. The molecule has 0 aliphatic carbocycles. The highest BCUT2D eigenvalue weighted by atomic mass is 32.2. The predicted octanol–water partition coefficient (Wildman–Crippen LogP) is 2.54. The zero-order chi connectivity index (χ0) is 17.9. The third-order valence-electron chi connectivity index (χ3n) is 4.53. The molecule has 1 amide bonds. The van der Waals surface area contributed by atoms with E-state index in [1.807, 2.05) is 30.3 Å². The maximum Gasteiger partial charge on any atom is 0.243 e. The van der Waals surface area contributed by atoms with Crippen LogP contribution < -0.4 is 5.32 Å². The molecule has 0 unspecified atom stereocenters. The third-order valence-corrected chi connectivity index (χ3v) is 6.40. The molecule has 0 saturated carbocycles. The van der Waals surface area contributed by atoms with Crippen molar-refractivity contribution in [3.8, 4) is 0 Å². The van der Waals surface area contributed by atoms with Crippen molar-refractivity contribution in [1.82, 2.24) is 9.62 Å². The second-order valence-corrected chi connectivity index (χ2v) is 8.18. The number of nitrogens with one attached hydrogen (secondary N) is 1. The van der Waals surface area contributed by atoms with Crippen LogP contribution in [-0.4, -0.2) is 38.3 Å². The average Bonchev–Trinajstić information content (AvgIpc) is 2.65. The summed E-state index contributed by atoms with van der Waals surface area (Å²) in [7, 11) is -3.61. The number of hydrogen-bond acceptors (Lipinski definition) is 3. The second-order valence-electron chi connectivity index (χ2n) is 6.24. The van der Waals surface area contributed by atoms with Crippen LogP contribution in [0.3, 0.4) is 0 Å². The Balaban J connectivity index is 1.82. The van der Waals surface area contributed by atoms with Gasteiger partial charge in [0.25, 0.3) is 0 Å². The summed E-state index contributed by atoms with van der Waals surface area (Å²) in [6.07, 6.45) is 3.00. The molecule has 1 aliphatic rings. The minimum Gasteiger partial charge on any atom is -0.352 e. The van der Waals surface area contributed by atoms with Gasteiger partial charge < -0.3 is 5.32 Å². The Morgan fingerprint density at radius 2 is 2.00 bits per heavy atom. The molecule has 1 aliphatic heterocycles. The summed E-state index contributed by atoms with van der Waals surface area (Å²) in [5.74, 6) is -0.428. The van der Waals surface area contributed by atoms with Gasteiger partial charge in [0, 0.05) is 19.6 Å². The lowest BCUT2D eigenvalue weighted by molar-refractivity contribution is -0.125. The van der Waals surface area contributed by atoms with E-state index >= 15 is 0 Å². The number of amides is 1. The van der Waals surface area contributed by atoms with Crippen molar-refractivity contribution in [2.45, 2.75) is 17.7 Å². The first kappa shape index (κ1) is 17.6. The smallest absolute Gasteiger partial charge is 0.243 e. The summed E-state index contributed by atoms with van der Waals surface area (Å²) in [5.41, 5.74) is 0. The van der Waals surface area contributed by atoms with Crippen molar-refractivity contribution in [3.05, 3.63) is 55.1 Å². The van der Waals surface area contributed by atoms with Crippen molar-refractivity contribution in [3.63, 3.8) is 0 Å². The average molecular weight is 358 g/mol. The van der Waals surface area contributed by atoms with Gasteiger partial charge >= 0.3 is 0 Å². The third kappa shape index (κ3) is 3.75. The molecule has 1 N–H and O–H groups in total. The molecule has 1 fully saturated rings. The van der Waals surface area contributed by atoms with Gasteiger partial charge in [-0.05, 0) is 35.7 Å². The summed E-state index contributed by atoms with van der Waals surface area (Å²) in [6.45, 7) is 4.64. The number of nitrogens with zero attached hydrogens (tertiary/aromatic N) is 1. The number of carbonyl (C=O) groups is 1. The number of piperidine rings is 1. The zero-order valence-electron chi connectivity index (χ0n) is 14.0. The van der Waals surface area contributed by atoms with Crippen LogP contribution in [0.15, 0.2) is 60.0 Å². The second kappa shape index (κ2) is 7.37. The van der Waals surface area contributed by atoms with Crippen LogP contribution in [-0.2, 0) is 14.8 Å². The fourth-order valence-corrected chi connectivity index (χ4v) is 4.73. The maximum atomic E-state index is 13.0. The standard InChI is InChI=1S/C19H22N2O3S/c1-2-11-20-19(22)17-8-5-12-21(14-17)25(23,24)18-10-9-15-6-3-4-7-16(15)13-18/h2-4,6-7,9-10,13,17H,1,5,8,11-12,14H2,(H,20,22)/t17-/m1/s1. The van der Waals surface area contributed by atoms with E-state index in [1.54, 1.807) is 18.2 Å². The Hall–Kier alpha value is -2.18. The lowest BCUT2D eigenvalue weighted by atomic mass is 9.99. The first-order valence-corrected chi connectivity index (χ1v) is 9.84. The van der Waals surface area contributed by atoms with E-state index in [-0.39, 0.29) is 23.3 Å². The Labute approximate surface area is 148 Å². The van der Waals surface area contributed by atoms with Gasteiger partial charge in [-0.15, -0.1) is 6.58 Å². The molecule has 5 nitrogen and oxygen atoms in total. The quantitative estimate of drug-likeness (QED) is 0.836. The molecular weight excluding hydrogens is 336 g/mol. The van der Waals surface area contributed by atoms with E-state index in [1.165, 1.54) is 4.31 Å². The molecule has 132 valence electrons. The highest BCUT2D eigenvalue weighted by molar-refractivity contribution is 7.89. The summed E-state index contributed by atoms with van der Waals surface area (Å²) < 4.78 is 27.4. The minimum atomic E-state index is -3.61. The molecule has 1 saturated heterocycles. The Morgan fingerprint density at radius 3 is 2.76 bits per heavy atom. The maximum absolute atomic E-state index is 13.0. The highest BCUT2D eigenvalue weighted by Crippen LogP contribution is 2.26. The molecule has 1 heterocycles. The minimum absolute atomic E-state index is 0.113. The Bertz CT molecular complexity index is 892. The Kier molecular flexibility index (Phi) is 5.20. The largest absolute Gasteiger partial charge is 0.352 e. The number of fused-ring (bicyclic) bond motifs is 1. The number of sulfonamides is 1. The first-order chi connectivity index (χ1) is 12.0. The van der Waals surface area contributed by atoms with Crippen LogP contribution in [0.2, 0.25) is 0 Å². The molecule has 3 rings (SSSR count). The lowest BCUT2D eigenvalue weighted by Gasteiger charge is -2.31. The summed E-state index contributed by atoms with van der Waals surface area (Å²) >= 11 is 0. The fourth-order valence-electron chi connectivity index (χ4n) is 3.17. The van der Waals surface area contributed by atoms with Crippen LogP contribution in [0.25, 0.3) is 10.8 Å². The molecule has 2 aromatic carbocycles. The van der Waals surface area contributed by atoms with Gasteiger partial charge in [-0.2, -0.15) is 4.31 Å². The molecule has 2 aromatic rings. The van der Waals surface area contributed by atoms with Crippen LogP contribution in [0.4, 0.5) is 0 Å². The van der Waals surface area contributed by atoms with Crippen molar-refractivity contribution in [2.75, 3.05) is 19.6 Å². The van der Waals surface area contributed by atoms with E-state index in [0.717, 1.165) is 10.8 Å². The van der Waals surface area contributed by atoms with Gasteiger partial charge in [-0.25, -0.2) is 8.42 Å². The van der Waals surface area contributed by atoms with Crippen LogP contribution in [0, 0.1) is 5.92 Å². The van der Waals surface area contributed by atoms with E-state index < -0.39 is 10.0 Å². The first-order valence-electron chi connectivity index (χ1n) is 8.40. The SMILES string of the molecule is C=CCNC(=O)[C@@H]1CCCN(S(=O)(=O)c2ccc3ccccc3c2)C1. The van der Waals surface area contributed by atoms with Gasteiger partial charge in [0.15, 0.2) is 0 Å². The summed E-state index contributed by atoms with van der Waals surface area (Å²) in [5, 5.41) is 4.65. The number of carbonyl (C=O) groups excluding carboxylic acids is 1. The topological polar surface area (TPSA) is 66.5 Å². The molecule has 0 aromatic heterocycles. The molecule has 0 bridgehead atoms. The van der Waals surface area contributed by atoms with Gasteiger partial charge in [0.2, 0.25) is 15.9 Å². The molecule has 1 atom stereocenters. The predicted molar refractivity (Wildman–Crippen MR) is 98.6 cm³/mol. The van der Waals surface area contributed by atoms with Gasteiger partial charge in [-0.3, -0.25) is 4.79 Å². The molecular formula is C19H22N2O3S. The number of rotatable bonds is 5. The van der Waals surface area contributed by atoms with Gasteiger partial charge in [0.05, 0.1) is 10.8 Å². The Morgan fingerprint density at radius 1 is 1.24 bits per heavy atom. The van der Waals surface area contributed by atoms with E-state index in [2.05, 4.69) is 11.9 Å². The van der Waals surface area contributed by atoms with Crippen LogP contribution in [0.5, 0.6) is 0 Å². The lowest BCUT2D eigenvalue weighted by Crippen LogP contribution is -2.45. The summed E-state index contributed by atoms with van der Waals surface area (Å²) in [6, 6.07) is 12.8. The molecule has 0 radical (unpaired) electrons. The highest BCUT2D eigenvalue weighted by Gasteiger charge is 2.33. The van der Waals surface area contributed by atoms with Crippen LogP contribution in [0.1, 0.15) is 12.8 Å². The van der Waals surface area contributed by atoms with Crippen LogP contribution >= 0.6 is 0 Å². The van der Waals surface area contributed by atoms with E-state index in [9.17, 15) is 13.2 Å². The van der Waals surface area contributed by atoms with Crippen molar-refractivity contribution >= 4 is 26.7 Å². The molecule has 0 spiro atoms. The number of benzene rings is 2. The van der Waals surface area contributed by atoms with Crippen molar-refractivity contribution in [1.29, 1.82) is 0 Å². The monoisotopic (exact) mass is 358 g/mol. The normalized spacial score (nSPS) is 18.8.